The molecule has 1 saturated heterocycles. The van der Waals surface area contributed by atoms with Gasteiger partial charge in [-0.3, -0.25) is 9.59 Å². The molecule has 2 rings (SSSR count). The van der Waals surface area contributed by atoms with E-state index in [1.807, 2.05) is 17.2 Å². The smallest absolute Gasteiger partial charge is 0.306 e. The summed E-state index contributed by atoms with van der Waals surface area (Å²) in [5.41, 5.74) is 5.82. The molecule has 0 spiro atoms. The second kappa shape index (κ2) is 7.74. The van der Waals surface area contributed by atoms with Crippen LogP contribution in [0.1, 0.15) is 32.1 Å². The first-order valence-corrected chi connectivity index (χ1v) is 7.29. The van der Waals surface area contributed by atoms with E-state index in [1.165, 1.54) is 0 Å². The lowest BCUT2D eigenvalue weighted by Crippen LogP contribution is -2.30. The molecule has 2 atom stereocenters. The third-order valence-corrected chi connectivity index (χ3v) is 3.55. The molecule has 2 unspecified atom stereocenters. The molecule has 0 aromatic heterocycles. The second-order valence-electron chi connectivity index (χ2n) is 5.23. The van der Waals surface area contributed by atoms with Gasteiger partial charge in [-0.15, -0.1) is 0 Å². The zero-order valence-corrected chi connectivity index (χ0v) is 12.3. The Morgan fingerprint density at radius 3 is 3.00 bits per heavy atom. The van der Waals surface area contributed by atoms with E-state index in [0.717, 1.165) is 12.8 Å². The van der Waals surface area contributed by atoms with Gasteiger partial charge in [-0.2, -0.15) is 0 Å². The molecule has 2 aliphatic heterocycles. The quantitative estimate of drug-likeness (QED) is 0.546. The predicted octanol–water partition coefficient (Wildman–Crippen LogP) is 0.602. The molecule has 0 aliphatic carbocycles. The number of aldehydes is 1. The minimum Gasteiger partial charge on any atom is -0.463 e. The molecule has 0 aromatic rings. The van der Waals surface area contributed by atoms with E-state index in [-0.39, 0.29) is 31.8 Å². The molecular weight excluding hydrogens is 288 g/mol. The van der Waals surface area contributed by atoms with Crippen LogP contribution in [0.4, 0.5) is 0 Å². The topological polar surface area (TPSA) is 98.9 Å². The van der Waals surface area contributed by atoms with E-state index < -0.39 is 11.9 Å². The van der Waals surface area contributed by atoms with Crippen LogP contribution in [-0.4, -0.2) is 42.0 Å². The maximum atomic E-state index is 11.3. The zero-order chi connectivity index (χ0) is 15.9. The van der Waals surface area contributed by atoms with E-state index in [1.54, 1.807) is 6.20 Å². The molecule has 1 fully saturated rings. The molecule has 2 N–H and O–H groups in total. The minimum absolute atomic E-state index is 0.0964. The number of ether oxygens (including phenoxy) is 2. The van der Waals surface area contributed by atoms with Crippen LogP contribution in [0, 0.1) is 0 Å². The maximum Gasteiger partial charge on any atom is 0.306 e. The fraction of sp³-hybridized carbons (Fsp3) is 0.533. The van der Waals surface area contributed by atoms with Crippen molar-refractivity contribution < 1.29 is 23.9 Å². The number of primary amides is 1. The van der Waals surface area contributed by atoms with Gasteiger partial charge in [0.1, 0.15) is 19.1 Å². The number of amides is 1. The van der Waals surface area contributed by atoms with E-state index >= 15 is 0 Å². The Morgan fingerprint density at radius 2 is 2.27 bits per heavy atom. The molecule has 7 heteroatoms. The average Bonchev–Trinajstić information content (AvgIpc) is 3.00. The van der Waals surface area contributed by atoms with Crippen molar-refractivity contribution in [3.63, 3.8) is 0 Å². The molecule has 7 nitrogen and oxygen atoms in total. The van der Waals surface area contributed by atoms with Gasteiger partial charge in [0.2, 0.25) is 5.91 Å². The Hall–Kier alpha value is -2.15. The van der Waals surface area contributed by atoms with Crippen LogP contribution < -0.4 is 5.73 Å². The highest BCUT2D eigenvalue weighted by Crippen LogP contribution is 2.26. The Kier molecular flexibility index (Phi) is 5.71. The highest BCUT2D eigenvalue weighted by molar-refractivity contribution is 5.92. The second-order valence-corrected chi connectivity index (χ2v) is 5.23. The molecule has 0 radical (unpaired) electrons. The van der Waals surface area contributed by atoms with Crippen LogP contribution >= 0.6 is 0 Å². The normalized spacial score (nSPS) is 24.0. The van der Waals surface area contributed by atoms with Gasteiger partial charge < -0.3 is 24.9 Å². The van der Waals surface area contributed by atoms with Gasteiger partial charge in [-0.05, 0) is 19.3 Å². The first-order chi connectivity index (χ1) is 10.6. The molecule has 2 aliphatic rings. The minimum atomic E-state index is -0.437. The number of hydrogen-bond acceptors (Lipinski definition) is 6. The van der Waals surface area contributed by atoms with Gasteiger partial charge in [0.25, 0.3) is 0 Å². The SMILES string of the molecule is NC(=O)C1=CN(C2CCC(COC(=O)CCC=O)O2)C=CC1. The van der Waals surface area contributed by atoms with E-state index in [4.69, 9.17) is 15.2 Å². The summed E-state index contributed by atoms with van der Waals surface area (Å²) in [4.78, 5) is 34.6. The van der Waals surface area contributed by atoms with Gasteiger partial charge in [-0.1, -0.05) is 6.08 Å². The Balaban J connectivity index is 1.79. The summed E-state index contributed by atoms with van der Waals surface area (Å²) in [6.45, 7) is 0.179. The number of hydrogen-bond donors (Lipinski definition) is 1. The zero-order valence-electron chi connectivity index (χ0n) is 12.3. The first-order valence-electron chi connectivity index (χ1n) is 7.29. The molecule has 0 aromatic carbocycles. The molecular formula is C15H20N2O5. The van der Waals surface area contributed by atoms with Crippen LogP contribution in [0.15, 0.2) is 24.0 Å². The van der Waals surface area contributed by atoms with Gasteiger partial charge >= 0.3 is 5.97 Å². The molecule has 22 heavy (non-hydrogen) atoms. The Labute approximate surface area is 128 Å². The number of nitrogens with two attached hydrogens (primary N) is 1. The molecule has 120 valence electrons. The highest BCUT2D eigenvalue weighted by atomic mass is 16.6. The largest absolute Gasteiger partial charge is 0.463 e. The van der Waals surface area contributed by atoms with E-state index in [2.05, 4.69) is 0 Å². The lowest BCUT2D eigenvalue weighted by atomic mass is 10.1. The summed E-state index contributed by atoms with van der Waals surface area (Å²) in [5.74, 6) is -0.832. The van der Waals surface area contributed by atoms with E-state index in [0.29, 0.717) is 18.3 Å². The fourth-order valence-corrected chi connectivity index (χ4v) is 2.38. The summed E-state index contributed by atoms with van der Waals surface area (Å²) < 4.78 is 10.9. The third-order valence-electron chi connectivity index (χ3n) is 3.55. The number of allylic oxidation sites excluding steroid dienone is 1. The summed E-state index contributed by atoms with van der Waals surface area (Å²) in [6, 6.07) is 0. The van der Waals surface area contributed by atoms with Gasteiger partial charge in [0.05, 0.1) is 12.5 Å². The Morgan fingerprint density at radius 1 is 1.45 bits per heavy atom. The van der Waals surface area contributed by atoms with Crippen molar-refractivity contribution in [1.29, 1.82) is 0 Å². The number of carbonyl (C=O) groups excluding carboxylic acids is 3. The molecule has 1 amide bonds. The third kappa shape index (κ3) is 4.42. The van der Waals surface area contributed by atoms with Gasteiger partial charge in [-0.25, -0.2) is 0 Å². The lowest BCUT2D eigenvalue weighted by molar-refractivity contribution is -0.149. The highest BCUT2D eigenvalue weighted by Gasteiger charge is 2.30. The van der Waals surface area contributed by atoms with Gasteiger partial charge in [0.15, 0.2) is 0 Å². The van der Waals surface area contributed by atoms with Crippen molar-refractivity contribution in [2.24, 2.45) is 5.73 Å². The fourth-order valence-electron chi connectivity index (χ4n) is 2.38. The lowest BCUT2D eigenvalue weighted by Gasteiger charge is -2.27. The first kappa shape index (κ1) is 16.2. The van der Waals surface area contributed by atoms with Crippen LogP contribution in [-0.2, 0) is 23.9 Å². The summed E-state index contributed by atoms with van der Waals surface area (Å²) in [7, 11) is 0. The van der Waals surface area contributed by atoms with Crippen molar-refractivity contribution >= 4 is 18.2 Å². The van der Waals surface area contributed by atoms with E-state index in [9.17, 15) is 14.4 Å². The number of nitrogens with zero attached hydrogens (tertiary/aromatic N) is 1. The molecule has 0 bridgehead atoms. The number of carbonyl (C=O) groups is 3. The molecule has 0 saturated carbocycles. The van der Waals surface area contributed by atoms with Crippen molar-refractivity contribution in [2.45, 2.75) is 44.4 Å². The van der Waals surface area contributed by atoms with Crippen molar-refractivity contribution in [3.8, 4) is 0 Å². The standard InChI is InChI=1S/C15H20N2O5/c16-15(20)11-3-1-7-17(9-11)13-6-5-12(22-13)10-21-14(19)4-2-8-18/h1,7-9,12-13H,2-6,10H2,(H2,16,20). The van der Waals surface area contributed by atoms with Crippen molar-refractivity contribution in [3.05, 3.63) is 24.0 Å². The summed E-state index contributed by atoms with van der Waals surface area (Å²) >= 11 is 0. The molecule has 2 heterocycles. The number of rotatable bonds is 7. The van der Waals surface area contributed by atoms with Crippen LogP contribution in [0.5, 0.6) is 0 Å². The summed E-state index contributed by atoms with van der Waals surface area (Å²) in [5, 5.41) is 0. The van der Waals surface area contributed by atoms with Crippen molar-refractivity contribution in [1.82, 2.24) is 4.90 Å². The van der Waals surface area contributed by atoms with Crippen LogP contribution in [0.25, 0.3) is 0 Å². The maximum absolute atomic E-state index is 11.3. The summed E-state index contributed by atoms with van der Waals surface area (Å²) in [6.07, 6.45) is 8.06. The van der Waals surface area contributed by atoms with Crippen LogP contribution in [0.2, 0.25) is 0 Å². The predicted molar refractivity (Wildman–Crippen MR) is 77.0 cm³/mol. The number of esters is 1. The monoisotopic (exact) mass is 308 g/mol. The van der Waals surface area contributed by atoms with Crippen molar-refractivity contribution in [2.75, 3.05) is 6.61 Å². The average molecular weight is 308 g/mol. The van der Waals surface area contributed by atoms with Crippen LogP contribution in [0.3, 0.4) is 0 Å². The van der Waals surface area contributed by atoms with Gasteiger partial charge in [0, 0.05) is 24.4 Å². The Bertz CT molecular complexity index is 500.